The zero-order valence-corrected chi connectivity index (χ0v) is 49.2. The number of carbonyl (C=O) groups excluding carboxylic acids is 3. The molecular formula is C62H117O11P. The first kappa shape index (κ1) is 72.0. The molecule has 0 aromatic carbocycles. The summed E-state index contributed by atoms with van der Waals surface area (Å²) in [6, 6.07) is 0. The fourth-order valence-corrected chi connectivity index (χ4v) is 9.88. The third-order valence-corrected chi connectivity index (χ3v) is 14.8. The zero-order chi connectivity index (χ0) is 54.1. The van der Waals surface area contributed by atoms with Gasteiger partial charge in [0.1, 0.15) is 12.7 Å². The normalized spacial score (nSPS) is 13.4. The molecule has 3 atom stereocenters. The second-order valence-corrected chi connectivity index (χ2v) is 22.7. The summed E-state index contributed by atoms with van der Waals surface area (Å²) in [5, 5.41) is 9.83. The Morgan fingerprint density at radius 2 is 0.662 bits per heavy atom. The van der Waals surface area contributed by atoms with Crippen molar-refractivity contribution in [3.8, 4) is 0 Å². The van der Waals surface area contributed by atoms with Crippen LogP contribution in [0.3, 0.4) is 0 Å². The van der Waals surface area contributed by atoms with Gasteiger partial charge < -0.3 is 24.2 Å². The molecule has 0 aromatic heterocycles. The van der Waals surface area contributed by atoms with Crippen molar-refractivity contribution in [3.63, 3.8) is 0 Å². The van der Waals surface area contributed by atoms with Crippen LogP contribution in [0.5, 0.6) is 0 Å². The topological polar surface area (TPSA) is 155 Å². The molecule has 436 valence electrons. The molecule has 0 aromatic rings. The quantitative estimate of drug-likeness (QED) is 0.0197. The minimum atomic E-state index is -4.74. The molecule has 74 heavy (non-hydrogen) atoms. The van der Waals surface area contributed by atoms with Crippen LogP contribution in [0.15, 0.2) is 24.3 Å². The van der Waals surface area contributed by atoms with Gasteiger partial charge in [-0.1, -0.05) is 270 Å². The average molecular weight is 1070 g/mol. The van der Waals surface area contributed by atoms with Crippen LogP contribution >= 0.6 is 7.82 Å². The zero-order valence-electron chi connectivity index (χ0n) is 48.3. The Morgan fingerprint density at radius 3 is 1.03 bits per heavy atom. The van der Waals surface area contributed by atoms with Gasteiger partial charge in [-0.15, -0.1) is 0 Å². The van der Waals surface area contributed by atoms with Crippen molar-refractivity contribution in [1.29, 1.82) is 0 Å². The van der Waals surface area contributed by atoms with E-state index in [9.17, 15) is 28.9 Å². The summed E-state index contributed by atoms with van der Waals surface area (Å²) in [4.78, 5) is 48.6. The molecule has 0 amide bonds. The highest BCUT2D eigenvalue weighted by molar-refractivity contribution is 7.47. The van der Waals surface area contributed by atoms with Crippen LogP contribution in [0.1, 0.15) is 316 Å². The van der Waals surface area contributed by atoms with E-state index in [-0.39, 0.29) is 25.9 Å². The smallest absolute Gasteiger partial charge is 0.462 e. The van der Waals surface area contributed by atoms with Gasteiger partial charge in [0.2, 0.25) is 0 Å². The van der Waals surface area contributed by atoms with Crippen molar-refractivity contribution in [3.05, 3.63) is 24.3 Å². The number of rotatable bonds is 59. The Balaban J connectivity index is 4.67. The number of allylic oxidation sites excluding steroid dienone is 4. The van der Waals surface area contributed by atoms with Gasteiger partial charge in [0.05, 0.1) is 19.8 Å². The van der Waals surface area contributed by atoms with Crippen molar-refractivity contribution < 1.29 is 52.2 Å². The predicted octanol–water partition coefficient (Wildman–Crippen LogP) is 18.6. The summed E-state index contributed by atoms with van der Waals surface area (Å²) in [6.45, 7) is 4.68. The fourth-order valence-electron chi connectivity index (χ4n) is 9.10. The SMILES string of the molecule is CCCCC/C=C\C/C=C\CCCCCCCCCC(=O)OC(COC(=O)CCCCCCCCCCCCCCCCC)COP(=O)(O)OCC(CO)OC(=O)CCCCCCCCCCCCCCCCC. The molecule has 12 heteroatoms. The molecule has 0 fully saturated rings. The highest BCUT2D eigenvalue weighted by atomic mass is 31.2. The monoisotopic (exact) mass is 1070 g/mol. The molecule has 0 radical (unpaired) electrons. The van der Waals surface area contributed by atoms with E-state index < -0.39 is 57.8 Å². The number of carbonyl (C=O) groups is 3. The Hall–Kier alpha value is -2.04. The number of hydrogen-bond acceptors (Lipinski definition) is 10. The maximum atomic E-state index is 12.9. The van der Waals surface area contributed by atoms with Crippen LogP contribution < -0.4 is 0 Å². The van der Waals surface area contributed by atoms with Crippen molar-refractivity contribution in [1.82, 2.24) is 0 Å². The van der Waals surface area contributed by atoms with Gasteiger partial charge in [-0.05, 0) is 51.4 Å². The van der Waals surface area contributed by atoms with E-state index in [1.165, 1.54) is 180 Å². The van der Waals surface area contributed by atoms with Gasteiger partial charge in [-0.25, -0.2) is 4.57 Å². The Bertz CT molecular complexity index is 1340. The average Bonchev–Trinajstić information content (AvgIpc) is 3.39. The standard InChI is InChI=1S/C62H117O11P/c1-4-7-10-13-16-19-22-25-28-29-32-35-38-41-44-47-50-53-62(66)73-59(55-69-60(64)51-48-45-42-39-36-33-30-26-23-20-17-14-11-8-5-2)57-71-74(67,68)70-56-58(54-63)72-61(65)52-49-46-43-40-37-34-31-27-24-21-18-15-12-9-6-3/h16,19,25,28,58-59,63H,4-15,17-18,20-24,26-27,29-57H2,1-3H3,(H,67,68)/b19-16-,28-25-. The number of phosphoric ester groups is 1. The van der Waals surface area contributed by atoms with Gasteiger partial charge >= 0.3 is 25.7 Å². The Labute approximate surface area is 455 Å². The number of esters is 3. The molecule has 0 aliphatic rings. The van der Waals surface area contributed by atoms with Crippen molar-refractivity contribution >= 4 is 25.7 Å². The predicted molar refractivity (Wildman–Crippen MR) is 307 cm³/mol. The summed E-state index contributed by atoms with van der Waals surface area (Å²) < 4.78 is 39.6. The van der Waals surface area contributed by atoms with E-state index in [0.29, 0.717) is 19.3 Å². The van der Waals surface area contributed by atoms with E-state index in [0.717, 1.165) is 77.0 Å². The van der Waals surface area contributed by atoms with Crippen molar-refractivity contribution in [2.75, 3.05) is 26.4 Å². The van der Waals surface area contributed by atoms with E-state index in [4.69, 9.17) is 23.3 Å². The lowest BCUT2D eigenvalue weighted by molar-refractivity contribution is -0.161. The summed E-state index contributed by atoms with van der Waals surface area (Å²) >= 11 is 0. The number of phosphoric acid groups is 1. The molecule has 0 saturated heterocycles. The molecule has 0 saturated carbocycles. The number of ether oxygens (including phenoxy) is 3. The summed E-state index contributed by atoms with van der Waals surface area (Å²) in [5.74, 6) is -1.44. The minimum absolute atomic E-state index is 0.164. The van der Waals surface area contributed by atoms with Gasteiger partial charge in [0, 0.05) is 19.3 Å². The van der Waals surface area contributed by atoms with Gasteiger partial charge in [0.15, 0.2) is 6.10 Å². The third kappa shape index (κ3) is 54.7. The molecule has 0 aliphatic carbocycles. The van der Waals surface area contributed by atoms with E-state index in [2.05, 4.69) is 45.1 Å². The number of unbranched alkanes of at least 4 members (excludes halogenated alkanes) is 38. The maximum Gasteiger partial charge on any atom is 0.472 e. The van der Waals surface area contributed by atoms with E-state index >= 15 is 0 Å². The second kappa shape index (κ2) is 57.1. The summed E-state index contributed by atoms with van der Waals surface area (Å²) in [6.07, 6.45) is 58.4. The second-order valence-electron chi connectivity index (χ2n) is 21.2. The van der Waals surface area contributed by atoms with Gasteiger partial charge in [-0.3, -0.25) is 23.4 Å². The first-order chi connectivity index (χ1) is 36.2. The van der Waals surface area contributed by atoms with Crippen molar-refractivity contribution in [2.45, 2.75) is 328 Å². The van der Waals surface area contributed by atoms with E-state index in [1.807, 2.05) is 0 Å². The number of hydrogen-bond donors (Lipinski definition) is 2. The van der Waals surface area contributed by atoms with Gasteiger partial charge in [0.25, 0.3) is 0 Å². The number of aliphatic hydroxyl groups is 1. The van der Waals surface area contributed by atoms with E-state index in [1.54, 1.807) is 0 Å². The first-order valence-electron chi connectivity index (χ1n) is 31.2. The molecule has 0 bridgehead atoms. The lowest BCUT2D eigenvalue weighted by Crippen LogP contribution is -2.30. The highest BCUT2D eigenvalue weighted by Gasteiger charge is 2.28. The summed E-state index contributed by atoms with van der Waals surface area (Å²) in [7, 11) is -4.74. The summed E-state index contributed by atoms with van der Waals surface area (Å²) in [5.41, 5.74) is 0. The molecule has 0 heterocycles. The molecule has 0 spiro atoms. The molecule has 11 nitrogen and oxygen atoms in total. The third-order valence-electron chi connectivity index (χ3n) is 13.9. The largest absolute Gasteiger partial charge is 0.472 e. The first-order valence-corrected chi connectivity index (χ1v) is 32.7. The molecule has 0 aliphatic heterocycles. The van der Waals surface area contributed by atoms with Crippen LogP contribution in [0.2, 0.25) is 0 Å². The maximum absolute atomic E-state index is 12.9. The lowest BCUT2D eigenvalue weighted by Gasteiger charge is -2.21. The fraction of sp³-hybridized carbons (Fsp3) is 0.887. The van der Waals surface area contributed by atoms with Gasteiger partial charge in [-0.2, -0.15) is 0 Å². The van der Waals surface area contributed by atoms with Crippen LogP contribution in [-0.2, 0) is 42.2 Å². The van der Waals surface area contributed by atoms with Crippen LogP contribution in [0.25, 0.3) is 0 Å². The Morgan fingerprint density at radius 1 is 0.378 bits per heavy atom. The minimum Gasteiger partial charge on any atom is -0.462 e. The number of aliphatic hydroxyl groups excluding tert-OH is 1. The van der Waals surface area contributed by atoms with Crippen LogP contribution in [0, 0.1) is 0 Å². The molecular weight excluding hydrogens is 952 g/mol. The molecule has 2 N–H and O–H groups in total. The molecule has 0 rings (SSSR count). The molecule has 3 unspecified atom stereocenters. The van der Waals surface area contributed by atoms with Crippen LogP contribution in [0.4, 0.5) is 0 Å². The van der Waals surface area contributed by atoms with Crippen LogP contribution in [-0.4, -0.2) is 66.5 Å². The lowest BCUT2D eigenvalue weighted by atomic mass is 10.0. The Kier molecular flexibility index (Phi) is 55.6. The van der Waals surface area contributed by atoms with Crippen molar-refractivity contribution in [2.24, 2.45) is 0 Å². The highest BCUT2D eigenvalue weighted by Crippen LogP contribution is 2.43.